The number of nitrogens with zero attached hydrogens (tertiary/aromatic N) is 1. The molecule has 2 heteroatoms. The zero-order valence-corrected chi connectivity index (χ0v) is 23.9. The molecule has 1 heterocycles. The second-order valence-electron chi connectivity index (χ2n) is 10.6. The van der Waals surface area contributed by atoms with E-state index < -0.39 is 0 Å². The average Bonchev–Trinajstić information content (AvgIpc) is 3.09. The molecule has 0 aliphatic rings. The summed E-state index contributed by atoms with van der Waals surface area (Å²) in [5, 5.41) is 6.50. The summed E-state index contributed by atoms with van der Waals surface area (Å²) in [7, 11) is 0. The van der Waals surface area contributed by atoms with Crippen molar-refractivity contribution in [3.63, 3.8) is 0 Å². The van der Waals surface area contributed by atoms with Crippen LogP contribution in [0.15, 0.2) is 0 Å². The Kier molecular flexibility index (Phi) is 17.5. The minimum Gasteiger partial charge on any atom is -0.202 e. The SMILES string of the molecule is C#N.CC.CCCCCCCC(CC)Cc1c(C(C)(C)C)sc(C(C)(C)C)c1CCC. The highest BCUT2D eigenvalue weighted by Gasteiger charge is 2.31. The molecular weight excluding hydrogens is 394 g/mol. The van der Waals surface area contributed by atoms with Crippen molar-refractivity contribution in [1.82, 2.24) is 0 Å². The molecule has 0 N–H and O–H groups in total. The van der Waals surface area contributed by atoms with E-state index in [0.29, 0.717) is 0 Å². The molecule has 182 valence electrons. The first-order valence-corrected chi connectivity index (χ1v) is 13.8. The van der Waals surface area contributed by atoms with Crippen molar-refractivity contribution in [3.8, 4) is 6.57 Å². The molecule has 0 bridgehead atoms. The second kappa shape index (κ2) is 16.8. The molecule has 0 saturated carbocycles. The minimum atomic E-state index is 0.255. The first-order valence-electron chi connectivity index (χ1n) is 13.0. The van der Waals surface area contributed by atoms with Gasteiger partial charge in [-0.1, -0.05) is 128 Å². The zero-order chi connectivity index (χ0) is 24.7. The molecule has 1 rings (SSSR count). The molecule has 0 fully saturated rings. The average molecular weight is 450 g/mol. The van der Waals surface area contributed by atoms with E-state index in [1.807, 2.05) is 13.8 Å². The van der Waals surface area contributed by atoms with E-state index in [-0.39, 0.29) is 10.8 Å². The number of rotatable bonds is 11. The standard InChI is InChI=1S/C26H48S.C2H6.CHN/c1-10-13-14-15-16-18-20(12-3)19-22-21(17-11-2)23(25(4,5)6)27-24(22)26(7,8)9;2*1-2/h20H,10-19H2,1-9H3;1-2H3;1H. The summed E-state index contributed by atoms with van der Waals surface area (Å²) in [6.07, 6.45) is 13.6. The van der Waals surface area contributed by atoms with Gasteiger partial charge >= 0.3 is 0 Å². The lowest BCUT2D eigenvalue weighted by Crippen LogP contribution is -2.15. The van der Waals surface area contributed by atoms with Gasteiger partial charge in [0.1, 0.15) is 0 Å². The van der Waals surface area contributed by atoms with Crippen LogP contribution in [-0.4, -0.2) is 0 Å². The van der Waals surface area contributed by atoms with Crippen molar-refractivity contribution >= 4 is 11.3 Å². The molecule has 1 atom stereocenters. The number of unbranched alkanes of at least 4 members (excludes halogenated alkanes) is 4. The Bertz CT molecular complexity index is 580. The van der Waals surface area contributed by atoms with Gasteiger partial charge in [-0.3, -0.25) is 0 Å². The Morgan fingerprint density at radius 1 is 0.742 bits per heavy atom. The topological polar surface area (TPSA) is 23.8 Å². The van der Waals surface area contributed by atoms with E-state index in [4.69, 9.17) is 5.26 Å². The summed E-state index contributed by atoms with van der Waals surface area (Å²) in [6, 6.07) is 0. The van der Waals surface area contributed by atoms with Crippen molar-refractivity contribution in [2.24, 2.45) is 5.92 Å². The van der Waals surface area contributed by atoms with Gasteiger partial charge in [-0.25, -0.2) is 5.26 Å². The summed E-state index contributed by atoms with van der Waals surface area (Å²) < 4.78 is 0. The van der Waals surface area contributed by atoms with Gasteiger partial charge in [-0.05, 0) is 40.7 Å². The van der Waals surface area contributed by atoms with E-state index in [9.17, 15) is 0 Å². The monoisotopic (exact) mass is 449 g/mol. The molecule has 1 nitrogen and oxygen atoms in total. The number of hydrogen-bond donors (Lipinski definition) is 0. The van der Waals surface area contributed by atoms with E-state index >= 15 is 0 Å². The van der Waals surface area contributed by atoms with Crippen LogP contribution in [0, 0.1) is 17.8 Å². The molecule has 1 unspecified atom stereocenters. The van der Waals surface area contributed by atoms with Gasteiger partial charge in [-0.15, -0.1) is 11.3 Å². The lowest BCUT2D eigenvalue weighted by molar-refractivity contribution is 0.432. The van der Waals surface area contributed by atoms with Crippen LogP contribution in [0.5, 0.6) is 0 Å². The number of hydrogen-bond acceptors (Lipinski definition) is 2. The van der Waals surface area contributed by atoms with Crippen molar-refractivity contribution in [1.29, 1.82) is 5.26 Å². The predicted molar refractivity (Wildman–Crippen MR) is 145 cm³/mol. The van der Waals surface area contributed by atoms with Gasteiger partial charge in [0.05, 0.1) is 0 Å². The lowest BCUT2D eigenvalue weighted by atomic mass is 9.81. The van der Waals surface area contributed by atoms with Gasteiger partial charge < -0.3 is 0 Å². The minimum absolute atomic E-state index is 0.255. The summed E-state index contributed by atoms with van der Waals surface area (Å²) >= 11 is 2.13. The molecule has 1 aromatic heterocycles. The Morgan fingerprint density at radius 3 is 1.65 bits per heavy atom. The Hall–Kier alpha value is -0.810. The highest BCUT2D eigenvalue weighted by molar-refractivity contribution is 7.12. The fourth-order valence-corrected chi connectivity index (χ4v) is 5.71. The van der Waals surface area contributed by atoms with Crippen molar-refractivity contribution in [2.75, 3.05) is 0 Å². The smallest absolute Gasteiger partial charge is 0.0462 e. The van der Waals surface area contributed by atoms with Gasteiger partial charge in [0.15, 0.2) is 0 Å². The normalized spacial score (nSPS) is 12.4. The van der Waals surface area contributed by atoms with Crippen LogP contribution >= 0.6 is 11.3 Å². The van der Waals surface area contributed by atoms with Crippen LogP contribution in [-0.2, 0) is 23.7 Å². The van der Waals surface area contributed by atoms with Crippen LogP contribution in [0.4, 0.5) is 0 Å². The maximum absolute atomic E-state index is 6.50. The second-order valence-corrected chi connectivity index (χ2v) is 11.7. The van der Waals surface area contributed by atoms with Gasteiger partial charge in [0, 0.05) is 16.3 Å². The van der Waals surface area contributed by atoms with Gasteiger partial charge in [-0.2, -0.15) is 0 Å². The third-order valence-electron chi connectivity index (χ3n) is 5.77. The maximum atomic E-state index is 6.50. The molecule has 0 aliphatic heterocycles. The van der Waals surface area contributed by atoms with Crippen LogP contribution in [0.2, 0.25) is 0 Å². The molecule has 0 aliphatic carbocycles. The fraction of sp³-hybridized carbons (Fsp3) is 0.828. The van der Waals surface area contributed by atoms with E-state index in [1.54, 1.807) is 20.9 Å². The van der Waals surface area contributed by atoms with Crippen LogP contribution < -0.4 is 0 Å². The number of thiophene rings is 1. The first-order chi connectivity index (χ1) is 14.6. The maximum Gasteiger partial charge on any atom is 0.0462 e. The molecule has 1 aromatic rings. The van der Waals surface area contributed by atoms with Crippen LogP contribution in [0.1, 0.15) is 148 Å². The Morgan fingerprint density at radius 2 is 1.23 bits per heavy atom. The summed E-state index contributed by atoms with van der Waals surface area (Å²) in [4.78, 5) is 3.32. The third-order valence-corrected chi connectivity index (χ3v) is 7.89. The molecule has 0 saturated heterocycles. The third kappa shape index (κ3) is 11.6. The lowest BCUT2D eigenvalue weighted by Gasteiger charge is -2.23. The zero-order valence-electron chi connectivity index (χ0n) is 23.1. The summed E-state index contributed by atoms with van der Waals surface area (Å²) in [5.41, 5.74) is 3.96. The highest BCUT2D eigenvalue weighted by atomic mass is 32.1. The summed E-state index contributed by atoms with van der Waals surface area (Å²) in [5.74, 6) is 0.853. The van der Waals surface area contributed by atoms with E-state index in [0.717, 1.165) is 5.92 Å². The fourth-order valence-electron chi connectivity index (χ4n) is 4.22. The largest absolute Gasteiger partial charge is 0.202 e. The molecular formula is C29H55NS. The van der Waals surface area contributed by atoms with Gasteiger partial charge in [0.2, 0.25) is 0 Å². The quantitative estimate of drug-likeness (QED) is 0.308. The van der Waals surface area contributed by atoms with Crippen molar-refractivity contribution in [2.45, 2.75) is 151 Å². The van der Waals surface area contributed by atoms with E-state index in [2.05, 4.69) is 80.2 Å². The molecule has 0 radical (unpaired) electrons. The van der Waals surface area contributed by atoms with Crippen LogP contribution in [0.3, 0.4) is 0 Å². The van der Waals surface area contributed by atoms with E-state index in [1.165, 1.54) is 64.2 Å². The predicted octanol–water partition coefficient (Wildman–Crippen LogP) is 10.4. The summed E-state index contributed by atoms with van der Waals surface area (Å²) in [6.45, 7) is 29.0. The van der Waals surface area contributed by atoms with Gasteiger partial charge in [0.25, 0.3) is 0 Å². The number of nitriles is 1. The molecule has 0 spiro atoms. The van der Waals surface area contributed by atoms with Crippen molar-refractivity contribution in [3.05, 3.63) is 20.9 Å². The molecule has 0 aromatic carbocycles. The Labute approximate surface area is 201 Å². The van der Waals surface area contributed by atoms with Crippen molar-refractivity contribution < 1.29 is 0 Å². The Balaban J connectivity index is 0. The molecule has 31 heavy (non-hydrogen) atoms. The first kappa shape index (κ1) is 32.4. The van der Waals surface area contributed by atoms with Crippen LogP contribution in [0.25, 0.3) is 0 Å². The highest BCUT2D eigenvalue weighted by Crippen LogP contribution is 2.44. The molecule has 0 amide bonds.